The number of benzene rings is 3. The van der Waals surface area contributed by atoms with Crippen LogP contribution in [-0.2, 0) is 14.3 Å². The Bertz CT molecular complexity index is 1530. The molecule has 1 saturated heterocycles. The number of ether oxygens (including phenoxy) is 5. The molecule has 5 rings (SSSR count). The predicted octanol–water partition coefficient (Wildman–Crippen LogP) is 1.96. The largest absolute Gasteiger partial charge is 0.508 e. The molecule has 0 unspecified atom stereocenters. The van der Waals surface area contributed by atoms with E-state index in [2.05, 4.69) is 0 Å². The number of aliphatic hydroxyl groups excluding tert-OH is 3. The van der Waals surface area contributed by atoms with Crippen molar-refractivity contribution in [1.82, 2.24) is 0 Å². The Morgan fingerprint density at radius 2 is 1.61 bits per heavy atom. The smallest absolute Gasteiger partial charge is 0.330 e. The van der Waals surface area contributed by atoms with E-state index < -0.39 is 60.9 Å². The molecule has 6 N–H and O–H groups in total. The predicted molar refractivity (Wildman–Crippen MR) is 150 cm³/mol. The molecule has 0 spiro atoms. The van der Waals surface area contributed by atoms with Crippen LogP contribution in [0.2, 0.25) is 0 Å². The third-order valence-corrected chi connectivity index (χ3v) is 7.18. The van der Waals surface area contributed by atoms with Gasteiger partial charge in [-0.2, -0.15) is 0 Å². The van der Waals surface area contributed by atoms with Gasteiger partial charge in [-0.25, -0.2) is 4.79 Å². The number of aliphatic hydroxyl groups is 3. The maximum atomic E-state index is 13.0. The first-order valence-electron chi connectivity index (χ1n) is 13.5. The molecule has 232 valence electrons. The van der Waals surface area contributed by atoms with E-state index in [4.69, 9.17) is 23.7 Å². The third kappa shape index (κ3) is 6.40. The van der Waals surface area contributed by atoms with E-state index in [-0.39, 0.29) is 40.7 Å². The van der Waals surface area contributed by atoms with Crippen molar-refractivity contribution in [3.63, 3.8) is 0 Å². The highest BCUT2D eigenvalue weighted by Crippen LogP contribution is 2.49. The fourth-order valence-electron chi connectivity index (χ4n) is 4.83. The van der Waals surface area contributed by atoms with Crippen LogP contribution in [-0.4, -0.2) is 86.8 Å². The second-order valence-electron chi connectivity index (χ2n) is 10.1. The lowest BCUT2D eigenvalue weighted by molar-refractivity contribution is -0.278. The summed E-state index contributed by atoms with van der Waals surface area (Å²) in [5, 5.41) is 61.4. The number of Topliss-reactive ketones (excluding diaryl/α,β-unsaturated/α-hetero) is 1. The van der Waals surface area contributed by atoms with Gasteiger partial charge in [-0.3, -0.25) is 4.79 Å². The average Bonchev–Trinajstić information content (AvgIpc) is 3.00. The number of carbonyl (C=O) groups is 2. The second kappa shape index (κ2) is 12.8. The van der Waals surface area contributed by atoms with Crippen LogP contribution in [0, 0.1) is 0 Å². The Kier molecular flexibility index (Phi) is 8.92. The van der Waals surface area contributed by atoms with Crippen molar-refractivity contribution in [2.75, 3.05) is 13.7 Å². The van der Waals surface area contributed by atoms with Crippen molar-refractivity contribution < 1.29 is 63.9 Å². The van der Waals surface area contributed by atoms with E-state index in [1.807, 2.05) is 0 Å². The van der Waals surface area contributed by atoms with Gasteiger partial charge >= 0.3 is 5.97 Å². The molecule has 0 amide bonds. The van der Waals surface area contributed by atoms with Gasteiger partial charge in [0.2, 0.25) is 12.0 Å². The first-order valence-corrected chi connectivity index (χ1v) is 13.5. The summed E-state index contributed by atoms with van der Waals surface area (Å²) in [5.41, 5.74) is 1.07. The van der Waals surface area contributed by atoms with Crippen molar-refractivity contribution in [2.24, 2.45) is 0 Å². The molecule has 0 saturated carbocycles. The van der Waals surface area contributed by atoms with Gasteiger partial charge in [0.1, 0.15) is 59.9 Å². The number of phenolic OH excluding ortho intramolecular Hbond substituents is 3. The molecule has 3 aromatic carbocycles. The van der Waals surface area contributed by atoms with Gasteiger partial charge in [0, 0.05) is 12.1 Å². The topological polar surface area (TPSA) is 202 Å². The Morgan fingerprint density at radius 3 is 2.27 bits per heavy atom. The summed E-state index contributed by atoms with van der Waals surface area (Å²) < 4.78 is 27.8. The van der Waals surface area contributed by atoms with Crippen LogP contribution in [0.5, 0.6) is 34.5 Å². The number of phenols is 3. The monoisotopic (exact) mass is 610 g/mol. The van der Waals surface area contributed by atoms with Crippen molar-refractivity contribution in [1.29, 1.82) is 0 Å². The van der Waals surface area contributed by atoms with Crippen LogP contribution in [0.3, 0.4) is 0 Å². The van der Waals surface area contributed by atoms with Crippen molar-refractivity contribution >= 4 is 17.8 Å². The van der Waals surface area contributed by atoms with Gasteiger partial charge in [-0.15, -0.1) is 0 Å². The minimum atomic E-state index is -1.79. The third-order valence-electron chi connectivity index (χ3n) is 7.18. The highest BCUT2D eigenvalue weighted by molar-refractivity contribution is 6.03. The van der Waals surface area contributed by atoms with Gasteiger partial charge in [0.15, 0.2) is 17.3 Å². The van der Waals surface area contributed by atoms with Crippen LogP contribution < -0.4 is 14.2 Å². The zero-order valence-corrected chi connectivity index (χ0v) is 23.3. The maximum absolute atomic E-state index is 13.0. The first-order chi connectivity index (χ1) is 21.0. The number of hydrogen-bond acceptors (Lipinski definition) is 13. The van der Waals surface area contributed by atoms with Gasteiger partial charge in [-0.1, -0.05) is 24.3 Å². The highest BCUT2D eigenvalue weighted by Gasteiger charge is 2.46. The van der Waals surface area contributed by atoms with Crippen LogP contribution in [0.15, 0.2) is 60.7 Å². The quantitative estimate of drug-likeness (QED) is 0.160. The summed E-state index contributed by atoms with van der Waals surface area (Å²) in [6.07, 6.45) is -6.50. The molecular formula is C31H30O13. The molecule has 0 aliphatic carbocycles. The lowest BCUT2D eigenvalue weighted by Crippen LogP contribution is -2.60. The van der Waals surface area contributed by atoms with E-state index in [1.165, 1.54) is 43.5 Å². The minimum Gasteiger partial charge on any atom is -0.508 e. The Balaban J connectivity index is 1.32. The van der Waals surface area contributed by atoms with Crippen LogP contribution in [0.25, 0.3) is 6.08 Å². The molecule has 6 atom stereocenters. The van der Waals surface area contributed by atoms with Gasteiger partial charge in [-0.05, 0) is 41.5 Å². The first kappa shape index (κ1) is 30.6. The molecule has 2 aliphatic rings. The Morgan fingerprint density at radius 1 is 0.955 bits per heavy atom. The summed E-state index contributed by atoms with van der Waals surface area (Å²) in [5.74, 6) is -2.26. The zero-order valence-electron chi connectivity index (χ0n) is 23.3. The SMILES string of the molecule is COc1c(O[C@H]2O[C@H](COC(=O)C=Cc3ccc(O)cc3)[C@@H](O)[C@H](O)[C@H]2O)cc2c(c1O)C(=O)C[C@H](c1ccc(O)cc1)O2. The number of ketones is 1. The summed E-state index contributed by atoms with van der Waals surface area (Å²) in [6, 6.07) is 13.4. The van der Waals surface area contributed by atoms with E-state index >= 15 is 0 Å². The van der Waals surface area contributed by atoms with Crippen LogP contribution in [0.1, 0.15) is 34.0 Å². The Hall–Kier alpha value is -4.82. The van der Waals surface area contributed by atoms with Crippen molar-refractivity contribution in [2.45, 2.75) is 43.2 Å². The molecule has 0 bridgehead atoms. The van der Waals surface area contributed by atoms with Crippen molar-refractivity contribution in [3.8, 4) is 34.5 Å². The zero-order chi connectivity index (χ0) is 31.5. The number of esters is 1. The van der Waals surface area contributed by atoms with Gasteiger partial charge < -0.3 is 54.3 Å². The number of aromatic hydroxyl groups is 3. The molecule has 2 aliphatic heterocycles. The summed E-state index contributed by atoms with van der Waals surface area (Å²) in [7, 11) is 1.21. The summed E-state index contributed by atoms with van der Waals surface area (Å²) in [6.45, 7) is -0.526. The van der Waals surface area contributed by atoms with E-state index in [1.54, 1.807) is 24.3 Å². The second-order valence-corrected chi connectivity index (χ2v) is 10.1. The fourth-order valence-corrected chi connectivity index (χ4v) is 4.83. The maximum Gasteiger partial charge on any atom is 0.330 e. The molecule has 13 nitrogen and oxygen atoms in total. The lowest BCUT2D eigenvalue weighted by atomic mass is 9.95. The summed E-state index contributed by atoms with van der Waals surface area (Å²) >= 11 is 0. The number of rotatable bonds is 8. The molecular weight excluding hydrogens is 580 g/mol. The van der Waals surface area contributed by atoms with Crippen molar-refractivity contribution in [3.05, 3.63) is 77.4 Å². The summed E-state index contributed by atoms with van der Waals surface area (Å²) in [4.78, 5) is 25.2. The van der Waals surface area contributed by atoms with E-state index in [9.17, 15) is 40.2 Å². The molecule has 13 heteroatoms. The Labute approximate surface area is 250 Å². The number of carbonyl (C=O) groups excluding carboxylic acids is 2. The lowest BCUT2D eigenvalue weighted by Gasteiger charge is -2.40. The number of fused-ring (bicyclic) bond motifs is 1. The minimum absolute atomic E-state index is 0.0336. The molecule has 0 aromatic heterocycles. The molecule has 1 fully saturated rings. The molecule has 0 radical (unpaired) electrons. The van der Waals surface area contributed by atoms with Gasteiger partial charge in [0.05, 0.1) is 13.5 Å². The number of hydrogen-bond donors (Lipinski definition) is 6. The normalized spacial score (nSPS) is 24.8. The fraction of sp³-hybridized carbons (Fsp3) is 0.290. The van der Waals surface area contributed by atoms with E-state index in [0.717, 1.165) is 6.08 Å². The average molecular weight is 611 g/mol. The van der Waals surface area contributed by atoms with E-state index in [0.29, 0.717) is 11.1 Å². The van der Waals surface area contributed by atoms with Gasteiger partial charge in [0.25, 0.3) is 0 Å². The molecule has 3 aromatic rings. The van der Waals surface area contributed by atoms with Crippen LogP contribution in [0.4, 0.5) is 0 Å². The highest BCUT2D eigenvalue weighted by atomic mass is 16.7. The molecule has 44 heavy (non-hydrogen) atoms. The van der Waals surface area contributed by atoms with Crippen LogP contribution >= 0.6 is 0 Å². The molecule has 2 heterocycles. The standard InChI is InChI=1S/C31H30O13/c1-40-30-22(13-21-25(27(30)37)19(34)12-20(42-21)16-5-9-18(33)10-6-16)43-31-29(39)28(38)26(36)23(44-31)14-41-24(35)11-4-15-2-7-17(32)8-3-15/h2-11,13,20,23,26,28-29,31-33,36-39H,12,14H2,1H3/t20-,23-,26-,28+,29-,31+/m1/s1. The number of methoxy groups -OCH3 is 1.